The molecular weight excluding hydrogens is 427 g/mol. The maximum Gasteiger partial charge on any atom is 0.322 e. The van der Waals surface area contributed by atoms with Gasteiger partial charge in [0.25, 0.3) is 5.88 Å². The highest BCUT2D eigenvalue weighted by atomic mass is 32.2. The Morgan fingerprint density at radius 1 is 1.39 bits per heavy atom. The third-order valence-corrected chi connectivity index (χ3v) is 5.74. The van der Waals surface area contributed by atoms with E-state index in [0.717, 1.165) is 0 Å². The summed E-state index contributed by atoms with van der Waals surface area (Å²) in [6.07, 6.45) is 1.53. The normalized spacial score (nSPS) is 13.5. The molecule has 31 heavy (non-hydrogen) atoms. The highest BCUT2D eigenvalue weighted by Crippen LogP contribution is 2.34. The number of ether oxygens (including phenoxy) is 1. The number of benzene rings is 1. The molecule has 2 amide bonds. The van der Waals surface area contributed by atoms with Crippen LogP contribution in [0.15, 0.2) is 35.4 Å². The minimum absolute atomic E-state index is 0.0226. The van der Waals surface area contributed by atoms with E-state index in [0.29, 0.717) is 22.2 Å². The van der Waals surface area contributed by atoms with Gasteiger partial charge in [0.1, 0.15) is 6.07 Å². The van der Waals surface area contributed by atoms with Crippen molar-refractivity contribution in [3.05, 3.63) is 53.0 Å². The van der Waals surface area contributed by atoms with Gasteiger partial charge in [-0.15, -0.1) is 0 Å². The Morgan fingerprint density at radius 3 is 2.84 bits per heavy atom. The summed E-state index contributed by atoms with van der Waals surface area (Å²) < 4.78 is 42.6. The number of primary sulfonamides is 1. The van der Waals surface area contributed by atoms with Crippen molar-refractivity contribution < 1.29 is 22.3 Å². The van der Waals surface area contributed by atoms with Crippen molar-refractivity contribution in [1.29, 1.82) is 5.26 Å². The minimum Gasteiger partial charge on any atom is -0.479 e. The first-order valence-electron chi connectivity index (χ1n) is 8.86. The van der Waals surface area contributed by atoms with Gasteiger partial charge >= 0.3 is 6.03 Å². The zero-order chi connectivity index (χ0) is 22.3. The molecule has 10 nitrogen and oxygen atoms in total. The van der Waals surface area contributed by atoms with Gasteiger partial charge in [-0.25, -0.2) is 27.7 Å². The highest BCUT2D eigenvalue weighted by Gasteiger charge is 2.28. The summed E-state index contributed by atoms with van der Waals surface area (Å²) in [6, 6.07) is 6.55. The molecule has 3 heterocycles. The van der Waals surface area contributed by atoms with Gasteiger partial charge < -0.3 is 10.1 Å². The predicted molar refractivity (Wildman–Crippen MR) is 107 cm³/mol. The third kappa shape index (κ3) is 3.60. The van der Waals surface area contributed by atoms with Crippen molar-refractivity contribution in [2.45, 2.75) is 18.0 Å². The number of nitrogens with one attached hydrogen (secondary N) is 1. The zero-order valence-corrected chi connectivity index (χ0v) is 16.9. The molecule has 0 atom stereocenters. The topological polar surface area (TPSA) is 151 Å². The number of methoxy groups -OCH3 is 1. The molecule has 0 spiro atoms. The first-order chi connectivity index (χ1) is 14.7. The lowest BCUT2D eigenvalue weighted by molar-refractivity contribution is 0.244. The number of amides is 2. The molecule has 0 fully saturated rings. The Morgan fingerprint density at radius 2 is 2.16 bits per heavy atom. The lowest BCUT2D eigenvalue weighted by atomic mass is 10.1. The Kier molecular flexibility index (Phi) is 4.92. The van der Waals surface area contributed by atoms with E-state index in [1.54, 1.807) is 6.07 Å². The van der Waals surface area contributed by atoms with E-state index < -0.39 is 21.9 Å². The smallest absolute Gasteiger partial charge is 0.322 e. The second kappa shape index (κ2) is 7.46. The molecule has 0 aliphatic carbocycles. The van der Waals surface area contributed by atoms with Crippen molar-refractivity contribution in [3.63, 3.8) is 0 Å². The second-order valence-corrected chi connectivity index (χ2v) is 8.24. The molecule has 3 N–H and O–H groups in total. The molecule has 0 bridgehead atoms. The summed E-state index contributed by atoms with van der Waals surface area (Å²) in [5, 5.41) is 17.5. The van der Waals surface area contributed by atoms with Crippen LogP contribution in [0.2, 0.25) is 0 Å². The average Bonchev–Trinajstić information content (AvgIpc) is 2.74. The molecule has 2 aromatic heterocycles. The Balaban J connectivity index is 1.84. The molecule has 0 radical (unpaired) electrons. The number of carbonyl (C=O) groups is 1. The summed E-state index contributed by atoms with van der Waals surface area (Å²) in [7, 11) is -2.80. The second-order valence-electron chi connectivity index (χ2n) is 6.71. The van der Waals surface area contributed by atoms with Crippen LogP contribution in [0.25, 0.3) is 11.0 Å². The number of fused-ring (bicyclic) bond motifs is 3. The number of urea groups is 1. The van der Waals surface area contributed by atoms with E-state index in [-0.39, 0.29) is 35.1 Å². The van der Waals surface area contributed by atoms with E-state index in [1.165, 1.54) is 42.5 Å². The Labute approximate surface area is 176 Å². The number of nitriles is 1. The fraction of sp³-hybridized carbons (Fsp3) is 0.158. The van der Waals surface area contributed by atoms with Crippen LogP contribution in [0.3, 0.4) is 0 Å². The molecule has 1 aliphatic heterocycles. The summed E-state index contributed by atoms with van der Waals surface area (Å²) in [6.45, 7) is 0.167. The fourth-order valence-corrected chi connectivity index (χ4v) is 4.08. The molecule has 0 saturated heterocycles. The van der Waals surface area contributed by atoms with Crippen LogP contribution in [0, 0.1) is 17.1 Å². The SMILES string of the molecule is COc1nc2ncc3c(c2cc1F)N(Cc1ccc(S(N)(=O)=O)c(C#N)c1)C(=O)NC3. The summed E-state index contributed by atoms with van der Waals surface area (Å²) >= 11 is 0. The van der Waals surface area contributed by atoms with E-state index in [4.69, 9.17) is 9.88 Å². The standard InChI is InChI=1S/C19H15FN6O4S/c1-30-18-14(20)5-13-16-12(7-23-17(13)25-18)8-24-19(27)26(16)9-10-2-3-15(31(22,28)29)11(4-10)6-21/h2-5,7H,8-9H2,1H3,(H,24,27)(H2,22,28,29). The molecule has 4 rings (SSSR count). The number of nitrogens with two attached hydrogens (primary N) is 1. The van der Waals surface area contributed by atoms with Crippen molar-refractivity contribution >= 4 is 32.8 Å². The van der Waals surface area contributed by atoms with E-state index >= 15 is 0 Å². The van der Waals surface area contributed by atoms with E-state index in [9.17, 15) is 22.9 Å². The lowest BCUT2D eigenvalue weighted by Crippen LogP contribution is -2.44. The Hall–Kier alpha value is -3.82. The molecule has 1 aliphatic rings. The zero-order valence-electron chi connectivity index (χ0n) is 16.1. The number of halogens is 1. The van der Waals surface area contributed by atoms with Gasteiger partial charge in [0.15, 0.2) is 11.5 Å². The van der Waals surface area contributed by atoms with Crippen LogP contribution in [0.4, 0.5) is 14.9 Å². The number of aromatic nitrogens is 2. The van der Waals surface area contributed by atoms with Crippen molar-refractivity contribution in [3.8, 4) is 11.9 Å². The van der Waals surface area contributed by atoms with Crippen LogP contribution in [-0.4, -0.2) is 31.5 Å². The summed E-state index contributed by atoms with van der Waals surface area (Å²) in [5.41, 5.74) is 1.57. The number of nitrogens with zero attached hydrogens (tertiary/aromatic N) is 4. The van der Waals surface area contributed by atoms with Crippen molar-refractivity contribution in [1.82, 2.24) is 15.3 Å². The molecule has 0 unspecified atom stereocenters. The number of carbonyl (C=O) groups excluding carboxylic acids is 1. The van der Waals surface area contributed by atoms with Crippen LogP contribution in [0.5, 0.6) is 5.88 Å². The van der Waals surface area contributed by atoms with Gasteiger partial charge in [0, 0.05) is 23.7 Å². The molecule has 1 aromatic carbocycles. The van der Waals surface area contributed by atoms with E-state index in [1.807, 2.05) is 0 Å². The van der Waals surface area contributed by atoms with Gasteiger partial charge in [0.2, 0.25) is 10.0 Å². The molecule has 158 valence electrons. The number of pyridine rings is 2. The maximum atomic E-state index is 14.4. The molecular formula is C19H15FN6O4S. The average molecular weight is 442 g/mol. The lowest BCUT2D eigenvalue weighted by Gasteiger charge is -2.31. The number of hydrogen-bond acceptors (Lipinski definition) is 7. The monoisotopic (exact) mass is 442 g/mol. The van der Waals surface area contributed by atoms with Crippen LogP contribution in [0.1, 0.15) is 16.7 Å². The van der Waals surface area contributed by atoms with Crippen LogP contribution < -0.4 is 20.1 Å². The van der Waals surface area contributed by atoms with Gasteiger partial charge in [-0.2, -0.15) is 10.2 Å². The van der Waals surface area contributed by atoms with Crippen molar-refractivity contribution in [2.24, 2.45) is 5.14 Å². The summed E-state index contributed by atoms with van der Waals surface area (Å²) in [5.74, 6) is -0.926. The predicted octanol–water partition coefficient (Wildman–Crippen LogP) is 1.53. The van der Waals surface area contributed by atoms with Gasteiger partial charge in [0.05, 0.1) is 29.8 Å². The minimum atomic E-state index is -4.08. The van der Waals surface area contributed by atoms with E-state index in [2.05, 4.69) is 15.3 Å². The van der Waals surface area contributed by atoms with Crippen molar-refractivity contribution in [2.75, 3.05) is 12.0 Å². The highest BCUT2D eigenvalue weighted by molar-refractivity contribution is 7.89. The third-order valence-electron chi connectivity index (χ3n) is 4.78. The first kappa shape index (κ1) is 20.5. The molecule has 3 aromatic rings. The Bertz CT molecular complexity index is 1390. The molecule has 0 saturated carbocycles. The fourth-order valence-electron chi connectivity index (χ4n) is 3.41. The first-order valence-corrected chi connectivity index (χ1v) is 10.4. The van der Waals surface area contributed by atoms with Crippen LogP contribution >= 0.6 is 0 Å². The van der Waals surface area contributed by atoms with Crippen LogP contribution in [-0.2, 0) is 23.1 Å². The van der Waals surface area contributed by atoms with Gasteiger partial charge in [-0.1, -0.05) is 6.07 Å². The quantitative estimate of drug-likeness (QED) is 0.621. The number of anilines is 1. The van der Waals surface area contributed by atoms with Gasteiger partial charge in [-0.05, 0) is 23.8 Å². The number of rotatable bonds is 4. The largest absolute Gasteiger partial charge is 0.479 e. The maximum absolute atomic E-state index is 14.4. The number of hydrogen-bond donors (Lipinski definition) is 2. The summed E-state index contributed by atoms with van der Waals surface area (Å²) in [4.78, 5) is 22.0. The molecule has 12 heteroatoms. The van der Waals surface area contributed by atoms with Gasteiger partial charge in [-0.3, -0.25) is 4.90 Å². The number of sulfonamides is 1.